The molecule has 1 amide bonds. The molecule has 8 heteroatoms. The molecule has 0 heterocycles. The van der Waals surface area contributed by atoms with Crippen molar-refractivity contribution in [3.05, 3.63) is 87.9 Å². The highest BCUT2D eigenvalue weighted by atomic mass is 79.9. The third-order valence-electron chi connectivity index (χ3n) is 4.03. The van der Waals surface area contributed by atoms with Crippen molar-refractivity contribution in [1.29, 1.82) is 0 Å². The fourth-order valence-corrected chi connectivity index (χ4v) is 4.19. The van der Waals surface area contributed by atoms with E-state index in [0.29, 0.717) is 16.4 Å². The molecule has 0 saturated carbocycles. The lowest BCUT2D eigenvalue weighted by atomic mass is 10.2. The Labute approximate surface area is 177 Å². The van der Waals surface area contributed by atoms with Crippen molar-refractivity contribution in [1.82, 2.24) is 0 Å². The molecular formula is C20H16BrClN2O3S. The highest BCUT2D eigenvalue weighted by Crippen LogP contribution is 2.25. The average Bonchev–Trinajstić information content (AvgIpc) is 2.69. The van der Waals surface area contributed by atoms with Crippen molar-refractivity contribution < 1.29 is 13.2 Å². The Hall–Kier alpha value is -2.35. The van der Waals surface area contributed by atoms with E-state index < -0.39 is 15.9 Å². The number of hydrogen-bond donors (Lipinski definition) is 1. The predicted octanol–water partition coefficient (Wildman–Crippen LogP) is 5.18. The molecule has 1 N–H and O–H groups in total. The molecule has 0 aliphatic rings. The molecule has 0 aliphatic carbocycles. The molecule has 3 rings (SSSR count). The van der Waals surface area contributed by atoms with E-state index in [1.54, 1.807) is 54.6 Å². The Bertz CT molecular complexity index is 1120. The van der Waals surface area contributed by atoms with Crippen molar-refractivity contribution in [3.8, 4) is 0 Å². The second kappa shape index (κ2) is 8.34. The van der Waals surface area contributed by atoms with Crippen LogP contribution in [-0.2, 0) is 10.0 Å². The molecule has 0 aliphatic heterocycles. The molecule has 0 saturated heterocycles. The Morgan fingerprint density at radius 3 is 2.36 bits per heavy atom. The molecule has 0 atom stereocenters. The van der Waals surface area contributed by atoms with Crippen LogP contribution in [0.15, 0.2) is 82.2 Å². The lowest BCUT2D eigenvalue weighted by molar-refractivity contribution is 0.102. The normalized spacial score (nSPS) is 11.1. The third-order valence-corrected chi connectivity index (χ3v) is 6.57. The fraction of sp³-hybridized carbons (Fsp3) is 0.0500. The highest BCUT2D eigenvalue weighted by Gasteiger charge is 2.22. The van der Waals surface area contributed by atoms with E-state index in [-0.39, 0.29) is 10.5 Å². The van der Waals surface area contributed by atoms with Crippen molar-refractivity contribution >= 4 is 54.8 Å². The first kappa shape index (κ1) is 20.4. The molecule has 28 heavy (non-hydrogen) atoms. The average molecular weight is 480 g/mol. The minimum absolute atomic E-state index is 0.0124. The monoisotopic (exact) mass is 478 g/mol. The summed E-state index contributed by atoms with van der Waals surface area (Å²) in [5, 5.41) is 3.18. The number of amides is 1. The summed E-state index contributed by atoms with van der Waals surface area (Å²) in [4.78, 5) is 12.5. The number of benzene rings is 3. The van der Waals surface area contributed by atoms with Gasteiger partial charge in [0.05, 0.1) is 10.6 Å². The number of nitrogens with one attached hydrogen (secondary N) is 1. The van der Waals surface area contributed by atoms with Gasteiger partial charge in [0.15, 0.2) is 0 Å². The van der Waals surface area contributed by atoms with Crippen LogP contribution >= 0.6 is 27.5 Å². The maximum atomic E-state index is 13.0. The summed E-state index contributed by atoms with van der Waals surface area (Å²) < 4.78 is 27.9. The van der Waals surface area contributed by atoms with E-state index in [4.69, 9.17) is 11.6 Å². The van der Waals surface area contributed by atoms with Gasteiger partial charge in [0.1, 0.15) is 0 Å². The maximum absolute atomic E-state index is 13.0. The summed E-state index contributed by atoms with van der Waals surface area (Å²) in [6, 6.07) is 19.5. The third kappa shape index (κ3) is 4.55. The molecule has 5 nitrogen and oxygen atoms in total. The number of carbonyl (C=O) groups excluding carboxylic acids is 1. The topological polar surface area (TPSA) is 66.5 Å². The van der Waals surface area contributed by atoms with Crippen LogP contribution in [0.25, 0.3) is 0 Å². The summed E-state index contributed by atoms with van der Waals surface area (Å²) in [5.41, 5.74) is 1.28. The van der Waals surface area contributed by atoms with E-state index >= 15 is 0 Å². The van der Waals surface area contributed by atoms with Crippen LogP contribution in [-0.4, -0.2) is 21.4 Å². The summed E-state index contributed by atoms with van der Waals surface area (Å²) in [6.45, 7) is 0. The summed E-state index contributed by atoms with van der Waals surface area (Å²) in [7, 11) is -2.41. The van der Waals surface area contributed by atoms with Gasteiger partial charge in [-0.2, -0.15) is 0 Å². The second-order valence-electron chi connectivity index (χ2n) is 5.94. The Kier molecular flexibility index (Phi) is 6.07. The number of nitrogens with zero attached hydrogens (tertiary/aromatic N) is 1. The fourth-order valence-electron chi connectivity index (χ4n) is 2.50. The molecule has 0 unspecified atom stereocenters. The lowest BCUT2D eigenvalue weighted by Crippen LogP contribution is -2.26. The molecule has 0 fully saturated rings. The minimum Gasteiger partial charge on any atom is -0.322 e. The Balaban J connectivity index is 1.87. The predicted molar refractivity (Wildman–Crippen MR) is 116 cm³/mol. The molecular weight excluding hydrogens is 464 g/mol. The van der Waals surface area contributed by atoms with Crippen LogP contribution < -0.4 is 9.62 Å². The molecule has 3 aromatic carbocycles. The lowest BCUT2D eigenvalue weighted by Gasteiger charge is -2.20. The second-order valence-corrected chi connectivity index (χ2v) is 9.26. The van der Waals surface area contributed by atoms with Crippen molar-refractivity contribution in [2.45, 2.75) is 4.90 Å². The zero-order valence-corrected chi connectivity index (χ0v) is 17.9. The highest BCUT2D eigenvalue weighted by molar-refractivity contribution is 9.10. The van der Waals surface area contributed by atoms with Gasteiger partial charge in [0.2, 0.25) is 0 Å². The quantitative estimate of drug-likeness (QED) is 0.548. The van der Waals surface area contributed by atoms with Crippen LogP contribution in [0, 0.1) is 0 Å². The Morgan fingerprint density at radius 2 is 1.68 bits per heavy atom. The maximum Gasteiger partial charge on any atom is 0.264 e. The van der Waals surface area contributed by atoms with E-state index in [9.17, 15) is 13.2 Å². The van der Waals surface area contributed by atoms with Crippen molar-refractivity contribution in [3.63, 3.8) is 0 Å². The van der Waals surface area contributed by atoms with Crippen LogP contribution in [0.5, 0.6) is 0 Å². The summed E-state index contributed by atoms with van der Waals surface area (Å²) >= 11 is 9.29. The van der Waals surface area contributed by atoms with E-state index in [1.165, 1.54) is 25.2 Å². The molecule has 0 spiro atoms. The number of sulfonamides is 1. The van der Waals surface area contributed by atoms with Gasteiger partial charge >= 0.3 is 0 Å². The first-order valence-electron chi connectivity index (χ1n) is 8.19. The largest absolute Gasteiger partial charge is 0.322 e. The standard InChI is InChI=1S/C20H16BrClN2O3S/c1-24(18-6-3-5-16(22)13-18)28(26,27)19-7-2-4-14(12-19)20(25)23-17-10-8-15(21)9-11-17/h2-13H,1H3,(H,23,25). The van der Waals surface area contributed by atoms with Crippen molar-refractivity contribution in [2.75, 3.05) is 16.7 Å². The van der Waals surface area contributed by atoms with Gasteiger partial charge in [-0.25, -0.2) is 8.42 Å². The van der Waals surface area contributed by atoms with Gasteiger partial charge in [-0.05, 0) is 60.7 Å². The van der Waals surface area contributed by atoms with Gasteiger partial charge in [0.25, 0.3) is 15.9 Å². The smallest absolute Gasteiger partial charge is 0.264 e. The van der Waals surface area contributed by atoms with Crippen LogP contribution in [0.1, 0.15) is 10.4 Å². The minimum atomic E-state index is -3.85. The van der Waals surface area contributed by atoms with Gasteiger partial charge in [0, 0.05) is 27.8 Å². The van der Waals surface area contributed by atoms with E-state index in [1.807, 2.05) is 0 Å². The number of anilines is 2. The zero-order chi connectivity index (χ0) is 20.3. The molecule has 0 aromatic heterocycles. The SMILES string of the molecule is CN(c1cccc(Cl)c1)S(=O)(=O)c1cccc(C(=O)Nc2ccc(Br)cc2)c1. The van der Waals surface area contributed by atoms with Gasteiger partial charge in [-0.3, -0.25) is 9.10 Å². The number of halogens is 2. The van der Waals surface area contributed by atoms with Crippen LogP contribution in [0.2, 0.25) is 5.02 Å². The summed E-state index contributed by atoms with van der Waals surface area (Å²) in [5.74, 6) is -0.398. The van der Waals surface area contributed by atoms with Crippen LogP contribution in [0.3, 0.4) is 0 Å². The van der Waals surface area contributed by atoms with Gasteiger partial charge < -0.3 is 5.32 Å². The molecule has 3 aromatic rings. The molecule has 0 radical (unpaired) electrons. The van der Waals surface area contributed by atoms with E-state index in [2.05, 4.69) is 21.2 Å². The van der Waals surface area contributed by atoms with Crippen molar-refractivity contribution in [2.24, 2.45) is 0 Å². The summed E-state index contributed by atoms with van der Waals surface area (Å²) in [6.07, 6.45) is 0. The first-order valence-corrected chi connectivity index (χ1v) is 10.8. The van der Waals surface area contributed by atoms with Gasteiger partial charge in [-0.1, -0.05) is 39.7 Å². The number of hydrogen-bond acceptors (Lipinski definition) is 3. The number of rotatable bonds is 5. The zero-order valence-electron chi connectivity index (χ0n) is 14.8. The van der Waals surface area contributed by atoms with Crippen LogP contribution in [0.4, 0.5) is 11.4 Å². The molecule has 0 bridgehead atoms. The molecule has 144 valence electrons. The number of carbonyl (C=O) groups is 1. The Morgan fingerprint density at radius 1 is 1.00 bits per heavy atom. The van der Waals surface area contributed by atoms with Gasteiger partial charge in [-0.15, -0.1) is 0 Å². The first-order chi connectivity index (χ1) is 13.3. The van der Waals surface area contributed by atoms with E-state index in [0.717, 1.165) is 8.78 Å².